The van der Waals surface area contributed by atoms with Crippen molar-refractivity contribution in [2.45, 2.75) is 32.7 Å². The molecule has 4 rings (SSSR count). The quantitative estimate of drug-likeness (QED) is 0.696. The predicted molar refractivity (Wildman–Crippen MR) is 118 cm³/mol. The van der Waals surface area contributed by atoms with E-state index in [9.17, 15) is 4.79 Å². The van der Waals surface area contributed by atoms with Crippen LogP contribution in [-0.4, -0.2) is 56.1 Å². The molecule has 1 amide bonds. The zero-order chi connectivity index (χ0) is 21.1. The Kier molecular flexibility index (Phi) is 6.28. The van der Waals surface area contributed by atoms with Gasteiger partial charge in [-0.2, -0.15) is 0 Å². The second-order valence-corrected chi connectivity index (χ2v) is 8.59. The Labute approximate surface area is 179 Å². The summed E-state index contributed by atoms with van der Waals surface area (Å²) in [6.07, 6.45) is 3.48. The third-order valence-corrected chi connectivity index (χ3v) is 6.41. The maximum Gasteiger partial charge on any atom is 0.254 e. The summed E-state index contributed by atoms with van der Waals surface area (Å²) in [5, 5.41) is 0. The number of amides is 1. The summed E-state index contributed by atoms with van der Waals surface area (Å²) < 4.78 is 10.8. The molecule has 1 saturated heterocycles. The summed E-state index contributed by atoms with van der Waals surface area (Å²) in [4.78, 5) is 17.5. The number of aryl methyl sites for hydroxylation is 1. The van der Waals surface area contributed by atoms with Gasteiger partial charge in [-0.25, -0.2) is 0 Å². The normalized spacial score (nSPS) is 19.1. The van der Waals surface area contributed by atoms with Gasteiger partial charge >= 0.3 is 0 Å². The van der Waals surface area contributed by atoms with Crippen LogP contribution in [0.25, 0.3) is 0 Å². The Morgan fingerprint density at radius 1 is 1.07 bits per heavy atom. The number of ether oxygens (including phenoxy) is 2. The summed E-state index contributed by atoms with van der Waals surface area (Å²) in [5.41, 5.74) is 4.49. The highest BCUT2D eigenvalue weighted by Gasteiger charge is 2.32. The molecule has 2 aliphatic rings. The van der Waals surface area contributed by atoms with Crippen molar-refractivity contribution in [1.82, 2.24) is 9.80 Å². The maximum absolute atomic E-state index is 13.0. The van der Waals surface area contributed by atoms with Crippen molar-refractivity contribution in [3.8, 4) is 11.5 Å². The van der Waals surface area contributed by atoms with Gasteiger partial charge < -0.3 is 19.3 Å². The van der Waals surface area contributed by atoms with Gasteiger partial charge in [-0.15, -0.1) is 0 Å². The maximum atomic E-state index is 13.0. The lowest BCUT2D eigenvalue weighted by Crippen LogP contribution is -2.41. The number of nitrogens with zero attached hydrogens (tertiary/aromatic N) is 2. The number of carbonyl (C=O) groups excluding carboxylic acids is 1. The first kappa shape index (κ1) is 20.7. The monoisotopic (exact) mass is 408 g/mol. The molecule has 0 spiro atoms. The Morgan fingerprint density at radius 2 is 1.80 bits per heavy atom. The highest BCUT2D eigenvalue weighted by Crippen LogP contribution is 2.35. The number of hydrogen-bond acceptors (Lipinski definition) is 4. The van der Waals surface area contributed by atoms with Crippen molar-refractivity contribution in [3.63, 3.8) is 0 Å². The minimum Gasteiger partial charge on any atom is -0.493 e. The zero-order valence-corrected chi connectivity index (χ0v) is 18.3. The fourth-order valence-corrected chi connectivity index (χ4v) is 4.70. The molecule has 0 bridgehead atoms. The molecular formula is C25H32N2O3. The molecule has 0 aliphatic carbocycles. The van der Waals surface area contributed by atoms with E-state index < -0.39 is 0 Å². The topological polar surface area (TPSA) is 42.0 Å². The minimum atomic E-state index is 0.114. The van der Waals surface area contributed by atoms with Crippen LogP contribution in [0.3, 0.4) is 0 Å². The van der Waals surface area contributed by atoms with Crippen LogP contribution in [0.4, 0.5) is 0 Å². The number of likely N-dealkylation sites (tertiary alicyclic amines) is 1. The number of piperidine rings is 1. The summed E-state index contributed by atoms with van der Waals surface area (Å²) in [7, 11) is 3.24. The molecule has 5 heteroatoms. The molecule has 0 aromatic heterocycles. The predicted octanol–water partition coefficient (Wildman–Crippen LogP) is 3.92. The Hall–Kier alpha value is -2.53. The Morgan fingerprint density at radius 3 is 2.53 bits per heavy atom. The SMILES string of the molecule is COc1cc2c(cc1OC)C(=O)N(CC1CCCN(CCc3ccc(C)cc3)C1)C2. The molecule has 2 aliphatic heterocycles. The number of rotatable bonds is 7. The molecule has 0 saturated carbocycles. The van der Waals surface area contributed by atoms with E-state index in [1.807, 2.05) is 17.0 Å². The lowest BCUT2D eigenvalue weighted by atomic mass is 9.97. The second kappa shape index (κ2) is 9.09. The van der Waals surface area contributed by atoms with E-state index in [0.717, 1.165) is 43.7 Å². The van der Waals surface area contributed by atoms with E-state index in [0.29, 0.717) is 24.0 Å². The van der Waals surface area contributed by atoms with E-state index >= 15 is 0 Å². The van der Waals surface area contributed by atoms with Crippen LogP contribution in [0, 0.1) is 12.8 Å². The highest BCUT2D eigenvalue weighted by atomic mass is 16.5. The molecular weight excluding hydrogens is 376 g/mol. The van der Waals surface area contributed by atoms with Crippen LogP contribution in [0.15, 0.2) is 36.4 Å². The number of carbonyl (C=O) groups is 1. The van der Waals surface area contributed by atoms with Gasteiger partial charge in [-0.1, -0.05) is 29.8 Å². The van der Waals surface area contributed by atoms with E-state index in [4.69, 9.17) is 9.47 Å². The van der Waals surface area contributed by atoms with Crippen LogP contribution in [0.1, 0.15) is 39.9 Å². The number of hydrogen-bond donors (Lipinski definition) is 0. The van der Waals surface area contributed by atoms with Crippen molar-refractivity contribution in [2.24, 2.45) is 5.92 Å². The average Bonchev–Trinajstić information content (AvgIpc) is 3.07. The van der Waals surface area contributed by atoms with Gasteiger partial charge in [0.05, 0.1) is 14.2 Å². The summed E-state index contributed by atoms with van der Waals surface area (Å²) >= 11 is 0. The molecule has 1 atom stereocenters. The molecule has 1 unspecified atom stereocenters. The van der Waals surface area contributed by atoms with Crippen molar-refractivity contribution in [3.05, 3.63) is 58.7 Å². The van der Waals surface area contributed by atoms with Crippen molar-refractivity contribution in [2.75, 3.05) is 40.4 Å². The standard InChI is InChI=1S/C25H32N2O3/c1-18-6-8-19(9-7-18)10-12-26-11-4-5-20(15-26)16-27-17-21-13-23(29-2)24(30-3)14-22(21)25(27)28/h6-9,13-14,20H,4-5,10-12,15-17H2,1-3H3. The summed E-state index contributed by atoms with van der Waals surface area (Å²) in [6, 6.07) is 12.6. The second-order valence-electron chi connectivity index (χ2n) is 8.59. The van der Waals surface area contributed by atoms with E-state index in [1.165, 1.54) is 24.0 Å². The molecule has 1 fully saturated rings. The van der Waals surface area contributed by atoms with Gasteiger partial charge in [0.2, 0.25) is 0 Å². The molecule has 30 heavy (non-hydrogen) atoms. The first-order valence-corrected chi connectivity index (χ1v) is 10.9. The largest absolute Gasteiger partial charge is 0.493 e. The average molecular weight is 409 g/mol. The molecule has 5 nitrogen and oxygen atoms in total. The van der Waals surface area contributed by atoms with Gasteiger partial charge in [0.25, 0.3) is 5.91 Å². The molecule has 2 aromatic carbocycles. The smallest absolute Gasteiger partial charge is 0.254 e. The van der Waals surface area contributed by atoms with E-state index in [2.05, 4.69) is 36.1 Å². The van der Waals surface area contributed by atoms with E-state index in [1.54, 1.807) is 14.2 Å². The molecule has 0 radical (unpaired) electrons. The fourth-order valence-electron chi connectivity index (χ4n) is 4.70. The minimum absolute atomic E-state index is 0.114. The zero-order valence-electron chi connectivity index (χ0n) is 18.3. The molecule has 2 aromatic rings. The molecule has 160 valence electrons. The van der Waals surface area contributed by atoms with Crippen LogP contribution in [0.5, 0.6) is 11.5 Å². The number of benzene rings is 2. The molecule has 2 heterocycles. The van der Waals surface area contributed by atoms with Gasteiger partial charge in [0.1, 0.15) is 0 Å². The number of methoxy groups -OCH3 is 2. The van der Waals surface area contributed by atoms with Gasteiger partial charge in [0, 0.05) is 31.7 Å². The molecule has 0 N–H and O–H groups in total. The first-order chi connectivity index (χ1) is 14.6. The fraction of sp³-hybridized carbons (Fsp3) is 0.480. The van der Waals surface area contributed by atoms with Gasteiger partial charge in [0.15, 0.2) is 11.5 Å². The van der Waals surface area contributed by atoms with Crippen molar-refractivity contribution in [1.29, 1.82) is 0 Å². The summed E-state index contributed by atoms with van der Waals surface area (Å²) in [5.74, 6) is 1.94. The summed E-state index contributed by atoms with van der Waals surface area (Å²) in [6.45, 7) is 6.92. The first-order valence-electron chi connectivity index (χ1n) is 10.9. The Bertz CT molecular complexity index is 894. The van der Waals surface area contributed by atoms with Crippen molar-refractivity contribution >= 4 is 5.91 Å². The van der Waals surface area contributed by atoms with Gasteiger partial charge in [-0.05, 0) is 61.9 Å². The number of fused-ring (bicyclic) bond motifs is 1. The Balaban J connectivity index is 1.34. The lowest BCUT2D eigenvalue weighted by molar-refractivity contribution is 0.0703. The highest BCUT2D eigenvalue weighted by molar-refractivity contribution is 5.99. The van der Waals surface area contributed by atoms with Gasteiger partial charge in [-0.3, -0.25) is 4.79 Å². The van der Waals surface area contributed by atoms with Crippen LogP contribution in [0.2, 0.25) is 0 Å². The van der Waals surface area contributed by atoms with Crippen molar-refractivity contribution < 1.29 is 14.3 Å². The van der Waals surface area contributed by atoms with Crippen LogP contribution >= 0.6 is 0 Å². The lowest BCUT2D eigenvalue weighted by Gasteiger charge is -2.34. The van der Waals surface area contributed by atoms with Crippen LogP contribution in [-0.2, 0) is 13.0 Å². The third kappa shape index (κ3) is 4.46. The van der Waals surface area contributed by atoms with E-state index in [-0.39, 0.29) is 5.91 Å². The third-order valence-electron chi connectivity index (χ3n) is 6.41. The van der Waals surface area contributed by atoms with Crippen LogP contribution < -0.4 is 9.47 Å².